The molecule has 0 saturated heterocycles. The van der Waals surface area contributed by atoms with E-state index in [1.807, 2.05) is 13.8 Å². The zero-order valence-corrected chi connectivity index (χ0v) is 27.9. The molecule has 0 aromatic rings. The van der Waals surface area contributed by atoms with Gasteiger partial charge in [-0.15, -0.1) is 0 Å². The monoisotopic (exact) mass is 572 g/mol. The van der Waals surface area contributed by atoms with E-state index >= 15 is 0 Å². The molecule has 232 valence electrons. The lowest BCUT2D eigenvalue weighted by Gasteiger charge is -2.59. The van der Waals surface area contributed by atoms with Gasteiger partial charge in [0.05, 0.1) is 25.2 Å². The Balaban J connectivity index is 2.55. The van der Waals surface area contributed by atoms with Crippen molar-refractivity contribution >= 4 is 23.5 Å². The van der Waals surface area contributed by atoms with Crippen molar-refractivity contribution in [3.05, 3.63) is 23.3 Å². The van der Waals surface area contributed by atoms with Gasteiger partial charge in [0.2, 0.25) is 0 Å². The molecular formula is C35H56O6. The summed E-state index contributed by atoms with van der Waals surface area (Å²) in [4.78, 5) is 51.7. The second kappa shape index (κ2) is 12.6. The minimum Gasteiger partial charge on any atom is -0.469 e. The molecule has 6 nitrogen and oxygen atoms in total. The van der Waals surface area contributed by atoms with Crippen molar-refractivity contribution in [2.75, 3.05) is 14.2 Å². The van der Waals surface area contributed by atoms with E-state index in [2.05, 4.69) is 48.5 Å². The summed E-state index contributed by atoms with van der Waals surface area (Å²) in [5.74, 6) is -1.44. The average Bonchev–Trinajstić information content (AvgIpc) is 2.89. The molecule has 2 aliphatic rings. The molecule has 0 spiro atoms. The van der Waals surface area contributed by atoms with E-state index in [4.69, 9.17) is 9.47 Å². The van der Waals surface area contributed by atoms with Gasteiger partial charge >= 0.3 is 11.9 Å². The van der Waals surface area contributed by atoms with Gasteiger partial charge in [0, 0.05) is 11.3 Å². The highest BCUT2D eigenvalue weighted by Crippen LogP contribution is 2.65. The third-order valence-corrected chi connectivity index (χ3v) is 11.1. The number of allylic oxidation sites excluding steroid dienone is 3. The van der Waals surface area contributed by atoms with E-state index in [0.717, 1.165) is 50.5 Å². The molecule has 0 N–H and O–H groups in total. The fraction of sp³-hybridized carbons (Fsp3) is 0.771. The van der Waals surface area contributed by atoms with Crippen molar-refractivity contribution in [1.29, 1.82) is 0 Å². The van der Waals surface area contributed by atoms with Crippen molar-refractivity contribution < 1.29 is 28.7 Å². The highest BCUT2D eigenvalue weighted by molar-refractivity contribution is 6.19. The number of ketones is 2. The van der Waals surface area contributed by atoms with Crippen LogP contribution in [0.3, 0.4) is 0 Å². The summed E-state index contributed by atoms with van der Waals surface area (Å²) in [5, 5.41) is 0. The molecule has 0 bridgehead atoms. The van der Waals surface area contributed by atoms with Crippen LogP contribution in [0.1, 0.15) is 121 Å². The van der Waals surface area contributed by atoms with Crippen molar-refractivity contribution in [2.24, 2.45) is 38.9 Å². The topological polar surface area (TPSA) is 86.7 Å². The molecule has 6 heteroatoms. The lowest BCUT2D eigenvalue weighted by molar-refractivity contribution is -0.153. The van der Waals surface area contributed by atoms with Crippen LogP contribution in [-0.4, -0.2) is 37.7 Å². The molecule has 0 heterocycles. The van der Waals surface area contributed by atoms with Crippen LogP contribution in [0.2, 0.25) is 0 Å². The molecule has 0 amide bonds. The van der Waals surface area contributed by atoms with Crippen molar-refractivity contribution in [1.82, 2.24) is 0 Å². The van der Waals surface area contributed by atoms with Crippen LogP contribution in [0.4, 0.5) is 0 Å². The highest BCUT2D eigenvalue weighted by Gasteiger charge is 2.58. The van der Waals surface area contributed by atoms with Crippen LogP contribution >= 0.6 is 0 Å². The van der Waals surface area contributed by atoms with E-state index < -0.39 is 22.2 Å². The van der Waals surface area contributed by atoms with Crippen LogP contribution in [0, 0.1) is 38.9 Å². The summed E-state index contributed by atoms with van der Waals surface area (Å²) in [7, 11) is 2.76. The smallest absolute Gasteiger partial charge is 0.341 e. The van der Waals surface area contributed by atoms with Gasteiger partial charge in [-0.25, -0.2) is 4.79 Å². The van der Waals surface area contributed by atoms with E-state index in [9.17, 15) is 19.2 Å². The molecule has 0 unspecified atom stereocenters. The molecule has 0 aromatic carbocycles. The van der Waals surface area contributed by atoms with E-state index in [0.29, 0.717) is 6.42 Å². The molecule has 41 heavy (non-hydrogen) atoms. The van der Waals surface area contributed by atoms with Gasteiger partial charge in [0.1, 0.15) is 0 Å². The van der Waals surface area contributed by atoms with E-state index in [1.54, 1.807) is 19.1 Å². The molecule has 5 atom stereocenters. The first-order valence-corrected chi connectivity index (χ1v) is 15.4. The normalized spacial score (nSPS) is 29.3. The second-order valence-corrected chi connectivity index (χ2v) is 15.0. The summed E-state index contributed by atoms with van der Waals surface area (Å²) in [6, 6.07) is 0. The first-order valence-electron chi connectivity index (χ1n) is 15.4. The lowest BCUT2D eigenvalue weighted by Crippen LogP contribution is -2.53. The standard InChI is InChI=1S/C35H56O6/c1-13-15-31(4,5)17-19-33(8,30(39)41-12)20-18-32(6,7)35(10)16-14-26-24(3)28(37)25(29(38)40-11)22-34(26,9)27(35)21-23(2)36/h21-22,24,26H,13-20H2,1-12H3/b27-21-/t24-,26-,33-,34-,35+/m0/s1. The second-order valence-electron chi connectivity index (χ2n) is 15.0. The number of methoxy groups -OCH3 is 2. The minimum atomic E-state index is -0.664. The molecular weight excluding hydrogens is 516 g/mol. The molecule has 2 aliphatic carbocycles. The van der Waals surface area contributed by atoms with Crippen LogP contribution in [0.15, 0.2) is 23.3 Å². The van der Waals surface area contributed by atoms with E-state index in [-0.39, 0.29) is 45.8 Å². The summed E-state index contributed by atoms with van der Waals surface area (Å²) in [6.07, 6.45) is 10.4. The third kappa shape index (κ3) is 6.88. The number of Topliss-reactive ketones (excluding diaryl/α,β-unsaturated/α-hetero) is 1. The van der Waals surface area contributed by atoms with Gasteiger partial charge < -0.3 is 9.47 Å². The van der Waals surface area contributed by atoms with Crippen molar-refractivity contribution in [3.8, 4) is 0 Å². The molecule has 2 rings (SSSR count). The van der Waals surface area contributed by atoms with Gasteiger partial charge in [-0.05, 0) is 87.0 Å². The fourth-order valence-corrected chi connectivity index (χ4v) is 7.77. The zero-order valence-electron chi connectivity index (χ0n) is 27.9. The zero-order chi connectivity index (χ0) is 31.6. The van der Waals surface area contributed by atoms with Gasteiger partial charge in [0.15, 0.2) is 11.6 Å². The Labute approximate surface area is 249 Å². The number of carbonyl (C=O) groups is 4. The van der Waals surface area contributed by atoms with Gasteiger partial charge in [-0.1, -0.05) is 73.5 Å². The summed E-state index contributed by atoms with van der Waals surface area (Å²) in [5.41, 5.74) is -0.827. The Kier molecular flexibility index (Phi) is 10.7. The van der Waals surface area contributed by atoms with Gasteiger partial charge in [-0.3, -0.25) is 14.4 Å². The van der Waals surface area contributed by atoms with Crippen molar-refractivity contribution in [3.63, 3.8) is 0 Å². The Morgan fingerprint density at radius 2 is 1.56 bits per heavy atom. The Bertz CT molecular complexity index is 1090. The van der Waals surface area contributed by atoms with Crippen LogP contribution < -0.4 is 0 Å². The number of rotatable bonds is 12. The summed E-state index contributed by atoms with van der Waals surface area (Å²) >= 11 is 0. The maximum absolute atomic E-state index is 13.2. The molecule has 1 fully saturated rings. The predicted molar refractivity (Wildman–Crippen MR) is 163 cm³/mol. The first-order chi connectivity index (χ1) is 18.7. The first kappa shape index (κ1) is 35.0. The van der Waals surface area contributed by atoms with E-state index in [1.165, 1.54) is 14.2 Å². The van der Waals surface area contributed by atoms with Crippen LogP contribution in [0.25, 0.3) is 0 Å². The number of ether oxygens (including phenoxy) is 2. The molecule has 0 aromatic heterocycles. The highest BCUT2D eigenvalue weighted by atomic mass is 16.5. The van der Waals surface area contributed by atoms with Crippen LogP contribution in [0.5, 0.6) is 0 Å². The molecule has 1 saturated carbocycles. The fourth-order valence-electron chi connectivity index (χ4n) is 7.77. The third-order valence-electron chi connectivity index (χ3n) is 11.1. The number of esters is 2. The summed E-state index contributed by atoms with van der Waals surface area (Å²) < 4.78 is 10.3. The average molecular weight is 573 g/mol. The largest absolute Gasteiger partial charge is 0.469 e. The Morgan fingerprint density at radius 3 is 2.07 bits per heavy atom. The minimum absolute atomic E-state index is 0.0287. The number of hydrogen-bond acceptors (Lipinski definition) is 6. The SMILES string of the molecule is CCCC(C)(C)CC[C@@](C)(CCC(C)(C)[C@]1(C)CC[C@H]2[C@H](C)C(=O)C(C(=O)OC)=C[C@]2(C)/C1=C/C(C)=O)C(=O)OC. The quantitative estimate of drug-likeness (QED) is 0.135. The number of hydrogen-bond donors (Lipinski definition) is 0. The predicted octanol–water partition coefficient (Wildman–Crippen LogP) is 7.83. The summed E-state index contributed by atoms with van der Waals surface area (Å²) in [6.45, 7) is 21.0. The Hall–Kier alpha value is -2.24. The lowest BCUT2D eigenvalue weighted by atomic mass is 9.44. The van der Waals surface area contributed by atoms with Crippen LogP contribution in [-0.2, 0) is 28.7 Å². The Morgan fingerprint density at radius 1 is 0.976 bits per heavy atom. The molecule has 0 aliphatic heterocycles. The van der Waals surface area contributed by atoms with Gasteiger partial charge in [-0.2, -0.15) is 0 Å². The van der Waals surface area contributed by atoms with Gasteiger partial charge in [0.25, 0.3) is 0 Å². The number of fused-ring (bicyclic) bond motifs is 1. The van der Waals surface area contributed by atoms with Crippen molar-refractivity contribution in [2.45, 2.75) is 121 Å². The maximum atomic E-state index is 13.2. The maximum Gasteiger partial charge on any atom is 0.341 e. The number of carbonyl (C=O) groups excluding carboxylic acids is 4. The molecule has 0 radical (unpaired) electrons.